The average Bonchev–Trinajstić information content (AvgIpc) is 2.92. The minimum absolute atomic E-state index is 0.112. The number of ether oxygens (including phenoxy) is 1. The third-order valence-electron chi connectivity index (χ3n) is 3.49. The van der Waals surface area contributed by atoms with Crippen molar-refractivity contribution >= 4 is 55.3 Å². The standard InChI is InChI=1S/C15H19Br2NO4S/c1-15(2,3)22-14(21)18-7-8(5-11(18)13(19)20)4-9-6-10(16)12(17)23-9/h6,8,11H,4-5,7H2,1-3H3,(H,19,20)/t8-,11+/m0/s1. The van der Waals surface area contributed by atoms with Crippen LogP contribution in [-0.2, 0) is 16.0 Å². The number of carboxylic acid groups (broad SMARTS) is 1. The van der Waals surface area contributed by atoms with E-state index in [1.807, 2.05) is 6.07 Å². The topological polar surface area (TPSA) is 66.8 Å². The zero-order chi connectivity index (χ0) is 17.4. The molecule has 23 heavy (non-hydrogen) atoms. The van der Waals surface area contributed by atoms with Gasteiger partial charge in [-0.3, -0.25) is 4.90 Å². The number of amides is 1. The minimum atomic E-state index is -0.980. The lowest BCUT2D eigenvalue weighted by molar-refractivity contribution is -0.142. The summed E-state index contributed by atoms with van der Waals surface area (Å²) < 4.78 is 7.35. The van der Waals surface area contributed by atoms with Crippen molar-refractivity contribution in [2.24, 2.45) is 5.92 Å². The van der Waals surface area contributed by atoms with E-state index in [4.69, 9.17) is 4.74 Å². The van der Waals surface area contributed by atoms with Crippen molar-refractivity contribution in [3.63, 3.8) is 0 Å². The molecule has 0 aromatic carbocycles. The summed E-state index contributed by atoms with van der Waals surface area (Å²) in [7, 11) is 0. The molecule has 2 rings (SSSR count). The van der Waals surface area contributed by atoms with Crippen molar-refractivity contribution in [2.45, 2.75) is 45.3 Å². The van der Waals surface area contributed by atoms with Gasteiger partial charge in [0.05, 0.1) is 3.79 Å². The van der Waals surface area contributed by atoms with Gasteiger partial charge in [-0.1, -0.05) is 0 Å². The second-order valence-electron chi connectivity index (χ2n) is 6.63. The van der Waals surface area contributed by atoms with E-state index >= 15 is 0 Å². The van der Waals surface area contributed by atoms with E-state index in [0.717, 1.165) is 19.6 Å². The average molecular weight is 469 g/mol. The van der Waals surface area contributed by atoms with E-state index in [9.17, 15) is 14.7 Å². The quantitative estimate of drug-likeness (QED) is 0.707. The second kappa shape index (κ2) is 7.11. The Bertz CT molecular complexity index is 592. The molecule has 8 heteroatoms. The summed E-state index contributed by atoms with van der Waals surface area (Å²) in [5.74, 6) is -0.868. The van der Waals surface area contributed by atoms with Gasteiger partial charge in [-0.2, -0.15) is 0 Å². The zero-order valence-corrected chi connectivity index (χ0v) is 17.1. The molecular formula is C15H19Br2NO4S. The number of thiophene rings is 1. The van der Waals surface area contributed by atoms with E-state index in [0.29, 0.717) is 13.0 Å². The van der Waals surface area contributed by atoms with E-state index < -0.39 is 23.7 Å². The van der Waals surface area contributed by atoms with E-state index in [2.05, 4.69) is 31.9 Å². The number of hydrogen-bond acceptors (Lipinski definition) is 4. The highest BCUT2D eigenvalue weighted by Crippen LogP contribution is 2.36. The Balaban J connectivity index is 2.08. The molecule has 0 unspecified atom stereocenters. The summed E-state index contributed by atoms with van der Waals surface area (Å²) in [6, 6.07) is 1.21. The molecule has 0 saturated carbocycles. The van der Waals surface area contributed by atoms with Gasteiger partial charge in [-0.25, -0.2) is 9.59 Å². The molecule has 1 fully saturated rings. The van der Waals surface area contributed by atoms with Crippen LogP contribution in [0, 0.1) is 5.92 Å². The molecule has 5 nitrogen and oxygen atoms in total. The van der Waals surface area contributed by atoms with Gasteiger partial charge in [0.15, 0.2) is 0 Å². The lowest BCUT2D eigenvalue weighted by Crippen LogP contribution is -2.43. The van der Waals surface area contributed by atoms with Gasteiger partial charge in [0.25, 0.3) is 0 Å². The highest BCUT2D eigenvalue weighted by atomic mass is 79.9. The summed E-state index contributed by atoms with van der Waals surface area (Å²) in [6.45, 7) is 5.72. The predicted octanol–water partition coefficient (Wildman–Crippen LogP) is 4.53. The van der Waals surface area contributed by atoms with E-state index in [-0.39, 0.29) is 5.92 Å². The fourth-order valence-electron chi connectivity index (χ4n) is 2.60. The molecule has 2 heterocycles. The number of hydrogen-bond donors (Lipinski definition) is 1. The Morgan fingerprint density at radius 3 is 2.57 bits per heavy atom. The molecule has 1 N–H and O–H groups in total. The van der Waals surface area contributed by atoms with Crippen LogP contribution < -0.4 is 0 Å². The summed E-state index contributed by atoms with van der Waals surface area (Å²) in [5, 5.41) is 9.40. The van der Waals surface area contributed by atoms with E-state index in [1.54, 1.807) is 32.1 Å². The molecule has 128 valence electrons. The van der Waals surface area contributed by atoms with Crippen LogP contribution in [0.25, 0.3) is 0 Å². The largest absolute Gasteiger partial charge is 0.480 e. The van der Waals surface area contributed by atoms with Crippen molar-refractivity contribution in [2.75, 3.05) is 6.54 Å². The van der Waals surface area contributed by atoms with Gasteiger partial charge < -0.3 is 9.84 Å². The molecule has 1 aromatic rings. The van der Waals surface area contributed by atoms with Gasteiger partial charge in [0, 0.05) is 15.9 Å². The molecule has 0 bridgehead atoms. The highest BCUT2D eigenvalue weighted by molar-refractivity contribution is 9.13. The maximum atomic E-state index is 12.3. The first-order valence-corrected chi connectivity index (χ1v) is 9.63. The Kier molecular flexibility index (Phi) is 5.79. The third kappa shape index (κ3) is 4.93. The third-order valence-corrected chi connectivity index (χ3v) is 6.77. The van der Waals surface area contributed by atoms with Gasteiger partial charge in [0.2, 0.25) is 0 Å². The Morgan fingerprint density at radius 1 is 1.43 bits per heavy atom. The van der Waals surface area contributed by atoms with Crippen molar-refractivity contribution in [1.82, 2.24) is 4.90 Å². The van der Waals surface area contributed by atoms with Gasteiger partial charge in [0.1, 0.15) is 11.6 Å². The van der Waals surface area contributed by atoms with E-state index in [1.165, 1.54) is 4.90 Å². The second-order valence-corrected chi connectivity index (χ2v) is 9.94. The fourth-order valence-corrected chi connectivity index (χ4v) is 4.90. The molecule has 1 amide bonds. The molecule has 2 atom stereocenters. The number of rotatable bonds is 3. The number of carbonyl (C=O) groups is 2. The predicted molar refractivity (Wildman–Crippen MR) is 95.9 cm³/mol. The Labute approximate surface area is 156 Å². The van der Waals surface area contributed by atoms with Crippen molar-refractivity contribution in [1.29, 1.82) is 0 Å². The van der Waals surface area contributed by atoms with Crippen molar-refractivity contribution < 1.29 is 19.4 Å². The minimum Gasteiger partial charge on any atom is -0.480 e. The van der Waals surface area contributed by atoms with Gasteiger partial charge >= 0.3 is 12.1 Å². The molecular weight excluding hydrogens is 450 g/mol. The molecule has 0 spiro atoms. The van der Waals surface area contributed by atoms with Crippen LogP contribution in [0.4, 0.5) is 4.79 Å². The summed E-state index contributed by atoms with van der Waals surface area (Å²) in [5.41, 5.74) is -0.637. The summed E-state index contributed by atoms with van der Waals surface area (Å²) >= 11 is 8.53. The maximum Gasteiger partial charge on any atom is 0.411 e. The van der Waals surface area contributed by atoms with Crippen LogP contribution in [0.15, 0.2) is 14.3 Å². The van der Waals surface area contributed by atoms with Crippen molar-refractivity contribution in [3.8, 4) is 0 Å². The SMILES string of the molecule is CC(C)(C)OC(=O)N1C[C@@H](Cc2cc(Br)c(Br)s2)C[C@@H]1C(=O)O. The number of likely N-dealkylation sites (tertiary alicyclic amines) is 1. The molecule has 1 aliphatic heterocycles. The molecule has 0 aliphatic carbocycles. The number of carbonyl (C=O) groups excluding carboxylic acids is 1. The van der Waals surface area contributed by atoms with Crippen LogP contribution in [0.3, 0.4) is 0 Å². The molecule has 1 aromatic heterocycles. The normalized spacial score (nSPS) is 21.5. The number of halogens is 2. The zero-order valence-electron chi connectivity index (χ0n) is 13.1. The van der Waals surface area contributed by atoms with Crippen LogP contribution >= 0.6 is 43.2 Å². The van der Waals surface area contributed by atoms with Crippen LogP contribution in [0.2, 0.25) is 0 Å². The first kappa shape index (κ1) is 18.7. The lowest BCUT2D eigenvalue weighted by atomic mass is 10.0. The Hall–Kier alpha value is -0.600. The summed E-state index contributed by atoms with van der Waals surface area (Å²) in [6.07, 6.45) is 0.639. The monoisotopic (exact) mass is 467 g/mol. The molecule has 1 saturated heterocycles. The van der Waals surface area contributed by atoms with Gasteiger partial charge in [-0.05, 0) is 77.5 Å². The number of carboxylic acids is 1. The van der Waals surface area contributed by atoms with Crippen molar-refractivity contribution in [3.05, 3.63) is 19.2 Å². The first-order chi connectivity index (χ1) is 10.6. The molecule has 0 radical (unpaired) electrons. The number of nitrogens with zero attached hydrogens (tertiary/aromatic N) is 1. The van der Waals surface area contributed by atoms with Crippen LogP contribution in [-0.4, -0.2) is 40.3 Å². The first-order valence-electron chi connectivity index (χ1n) is 7.23. The number of aliphatic carboxylic acids is 1. The maximum absolute atomic E-state index is 12.3. The molecule has 1 aliphatic rings. The summed E-state index contributed by atoms with van der Waals surface area (Å²) in [4.78, 5) is 26.2. The smallest absolute Gasteiger partial charge is 0.411 e. The lowest BCUT2D eigenvalue weighted by Gasteiger charge is -2.26. The highest BCUT2D eigenvalue weighted by Gasteiger charge is 2.41. The van der Waals surface area contributed by atoms with Crippen LogP contribution in [0.1, 0.15) is 32.1 Å². The Morgan fingerprint density at radius 2 is 2.09 bits per heavy atom. The van der Waals surface area contributed by atoms with Gasteiger partial charge in [-0.15, -0.1) is 11.3 Å². The van der Waals surface area contributed by atoms with Crippen LogP contribution in [0.5, 0.6) is 0 Å². The fraction of sp³-hybridized carbons (Fsp3) is 0.600.